The summed E-state index contributed by atoms with van der Waals surface area (Å²) in [5.74, 6) is 2.71. The fraction of sp³-hybridized carbons (Fsp3) is 0.565. The Morgan fingerprint density at radius 3 is 2.69 bits per heavy atom. The van der Waals surface area contributed by atoms with Crippen LogP contribution in [0.4, 0.5) is 0 Å². The zero-order valence-corrected chi connectivity index (χ0v) is 18.4. The number of thioether (sulfide) groups is 1. The first-order valence-electron chi connectivity index (χ1n) is 10.6. The highest BCUT2D eigenvalue weighted by Gasteiger charge is 2.34. The third-order valence-electron chi connectivity index (χ3n) is 6.18. The van der Waals surface area contributed by atoms with Crippen LogP contribution in [0.15, 0.2) is 27.4 Å². The van der Waals surface area contributed by atoms with Crippen LogP contribution in [0.5, 0.6) is 0 Å². The number of carbonyl (C=O) groups is 1. The molecule has 0 spiro atoms. The van der Waals surface area contributed by atoms with Gasteiger partial charge in [0.2, 0.25) is 5.91 Å². The monoisotopic (exact) mass is 414 g/mol. The van der Waals surface area contributed by atoms with Gasteiger partial charge in [-0.3, -0.25) is 9.69 Å². The Morgan fingerprint density at radius 1 is 1.21 bits per heavy atom. The summed E-state index contributed by atoms with van der Waals surface area (Å²) in [7, 11) is 0. The van der Waals surface area contributed by atoms with Crippen LogP contribution in [0.25, 0.3) is 11.0 Å². The lowest BCUT2D eigenvalue weighted by molar-refractivity contribution is -0.135. The molecule has 2 aliphatic heterocycles. The van der Waals surface area contributed by atoms with Crippen LogP contribution in [0.1, 0.15) is 49.3 Å². The lowest BCUT2D eigenvalue weighted by atomic mass is 9.94. The number of aryl methyl sites for hydroxylation is 1. The minimum absolute atomic E-state index is 0.0737. The second-order valence-electron chi connectivity index (χ2n) is 8.52. The predicted octanol–water partition coefficient (Wildman–Crippen LogP) is 3.76. The van der Waals surface area contributed by atoms with Crippen LogP contribution in [-0.4, -0.2) is 52.9 Å². The van der Waals surface area contributed by atoms with Crippen molar-refractivity contribution in [3.05, 3.63) is 45.3 Å². The second-order valence-corrected chi connectivity index (χ2v) is 9.74. The summed E-state index contributed by atoms with van der Waals surface area (Å²) in [5.41, 5.74) is 3.70. The number of nitrogens with zero attached hydrogens (tertiary/aromatic N) is 2. The van der Waals surface area contributed by atoms with Crippen molar-refractivity contribution in [2.75, 3.05) is 31.1 Å². The van der Waals surface area contributed by atoms with Gasteiger partial charge in [-0.15, -0.1) is 0 Å². The van der Waals surface area contributed by atoms with Gasteiger partial charge in [-0.25, -0.2) is 4.79 Å². The standard InChI is InChI=1S/C23H30N2O3S/c1-15(2)18-13-19-17(12-22(26)28-21(19)11-16(18)3)14-25-6-4-5-20(25)23(27)24-7-9-29-10-8-24/h11-13,15,20H,4-10,14H2,1-3H3. The zero-order valence-electron chi connectivity index (χ0n) is 17.6. The molecule has 0 bridgehead atoms. The van der Waals surface area contributed by atoms with E-state index in [2.05, 4.69) is 31.7 Å². The van der Waals surface area contributed by atoms with E-state index in [1.807, 2.05) is 22.7 Å². The molecule has 29 heavy (non-hydrogen) atoms. The molecule has 2 aromatic rings. The highest BCUT2D eigenvalue weighted by Crippen LogP contribution is 2.29. The number of hydrogen-bond acceptors (Lipinski definition) is 5. The van der Waals surface area contributed by atoms with E-state index in [-0.39, 0.29) is 17.6 Å². The summed E-state index contributed by atoms with van der Waals surface area (Å²) in [6.07, 6.45) is 1.92. The van der Waals surface area contributed by atoms with Gasteiger partial charge < -0.3 is 9.32 Å². The van der Waals surface area contributed by atoms with Gasteiger partial charge >= 0.3 is 5.63 Å². The van der Waals surface area contributed by atoms with Crippen molar-refractivity contribution in [2.24, 2.45) is 0 Å². The van der Waals surface area contributed by atoms with Gasteiger partial charge in [0, 0.05) is 42.6 Å². The molecule has 2 saturated heterocycles. The highest BCUT2D eigenvalue weighted by molar-refractivity contribution is 7.99. The number of likely N-dealkylation sites (tertiary alicyclic amines) is 1. The largest absolute Gasteiger partial charge is 0.423 e. The molecule has 1 amide bonds. The van der Waals surface area contributed by atoms with E-state index in [1.54, 1.807) is 6.07 Å². The van der Waals surface area contributed by atoms with Crippen molar-refractivity contribution >= 4 is 28.6 Å². The van der Waals surface area contributed by atoms with Gasteiger partial charge in [0.05, 0.1) is 6.04 Å². The molecule has 2 aliphatic rings. The van der Waals surface area contributed by atoms with Crippen LogP contribution in [0.3, 0.4) is 0 Å². The van der Waals surface area contributed by atoms with Crippen LogP contribution in [0.2, 0.25) is 0 Å². The topological polar surface area (TPSA) is 53.8 Å². The number of fused-ring (bicyclic) bond motifs is 1. The quantitative estimate of drug-likeness (QED) is 0.713. The SMILES string of the molecule is Cc1cc2oc(=O)cc(CN3CCCC3C(=O)N3CCSCC3)c2cc1C(C)C. The minimum Gasteiger partial charge on any atom is -0.423 e. The Kier molecular flexibility index (Phi) is 6.02. The van der Waals surface area contributed by atoms with E-state index in [9.17, 15) is 9.59 Å². The Morgan fingerprint density at radius 2 is 1.97 bits per heavy atom. The van der Waals surface area contributed by atoms with Crippen LogP contribution < -0.4 is 5.63 Å². The molecule has 3 heterocycles. The Hall–Kier alpha value is -1.79. The van der Waals surface area contributed by atoms with Crippen molar-refractivity contribution in [1.29, 1.82) is 0 Å². The summed E-state index contributed by atoms with van der Waals surface area (Å²) >= 11 is 1.92. The first-order valence-corrected chi connectivity index (χ1v) is 11.8. The number of amides is 1. The Bertz CT molecular complexity index is 962. The Labute approximate surface area is 176 Å². The predicted molar refractivity (Wildman–Crippen MR) is 119 cm³/mol. The van der Waals surface area contributed by atoms with Crippen molar-refractivity contribution < 1.29 is 9.21 Å². The molecule has 1 aromatic heterocycles. The van der Waals surface area contributed by atoms with E-state index in [4.69, 9.17) is 4.42 Å². The van der Waals surface area contributed by atoms with Crippen molar-refractivity contribution in [3.63, 3.8) is 0 Å². The maximum absolute atomic E-state index is 13.1. The van der Waals surface area contributed by atoms with E-state index in [1.165, 1.54) is 5.56 Å². The van der Waals surface area contributed by atoms with Crippen molar-refractivity contribution in [3.8, 4) is 0 Å². The zero-order chi connectivity index (χ0) is 20.5. The first kappa shape index (κ1) is 20.5. The molecule has 0 saturated carbocycles. The van der Waals surface area contributed by atoms with Crippen LogP contribution in [-0.2, 0) is 11.3 Å². The summed E-state index contributed by atoms with van der Waals surface area (Å²) < 4.78 is 5.50. The van der Waals surface area contributed by atoms with Crippen LogP contribution >= 0.6 is 11.8 Å². The average molecular weight is 415 g/mol. The third kappa shape index (κ3) is 4.24. The average Bonchev–Trinajstić information content (AvgIpc) is 3.15. The molecule has 0 radical (unpaired) electrons. The van der Waals surface area contributed by atoms with Gasteiger partial charge in [-0.2, -0.15) is 11.8 Å². The lowest BCUT2D eigenvalue weighted by Gasteiger charge is -2.32. The van der Waals surface area contributed by atoms with Gasteiger partial charge in [0.25, 0.3) is 0 Å². The molecule has 0 aliphatic carbocycles. The minimum atomic E-state index is -0.320. The van der Waals surface area contributed by atoms with E-state index in [0.717, 1.165) is 60.5 Å². The van der Waals surface area contributed by atoms with Gasteiger partial charge in [0.15, 0.2) is 0 Å². The molecule has 1 unspecified atom stereocenters. The molecular weight excluding hydrogens is 384 g/mol. The van der Waals surface area contributed by atoms with Gasteiger partial charge in [-0.05, 0) is 61.1 Å². The van der Waals surface area contributed by atoms with E-state index < -0.39 is 0 Å². The van der Waals surface area contributed by atoms with Crippen molar-refractivity contribution in [1.82, 2.24) is 9.80 Å². The third-order valence-corrected chi connectivity index (χ3v) is 7.13. The fourth-order valence-corrected chi connectivity index (χ4v) is 5.56. The number of benzene rings is 1. The number of rotatable bonds is 4. The summed E-state index contributed by atoms with van der Waals surface area (Å²) in [6, 6.07) is 5.69. The molecule has 4 rings (SSSR count). The molecule has 2 fully saturated rings. The highest BCUT2D eigenvalue weighted by atomic mass is 32.2. The van der Waals surface area contributed by atoms with Crippen LogP contribution in [0, 0.1) is 6.92 Å². The molecule has 1 aromatic carbocycles. The summed E-state index contributed by atoms with van der Waals surface area (Å²) in [6.45, 7) is 9.63. The fourth-order valence-electron chi connectivity index (χ4n) is 4.65. The smallest absolute Gasteiger partial charge is 0.336 e. The lowest BCUT2D eigenvalue weighted by Crippen LogP contribution is -2.48. The summed E-state index contributed by atoms with van der Waals surface area (Å²) in [4.78, 5) is 29.6. The van der Waals surface area contributed by atoms with Crippen molar-refractivity contribution in [2.45, 2.75) is 52.1 Å². The number of hydrogen-bond donors (Lipinski definition) is 0. The maximum Gasteiger partial charge on any atom is 0.336 e. The normalized spacial score (nSPS) is 20.7. The van der Waals surface area contributed by atoms with Gasteiger partial charge in [0.1, 0.15) is 5.58 Å². The molecule has 5 nitrogen and oxygen atoms in total. The van der Waals surface area contributed by atoms with E-state index >= 15 is 0 Å². The molecule has 1 atom stereocenters. The van der Waals surface area contributed by atoms with Gasteiger partial charge in [-0.1, -0.05) is 13.8 Å². The molecule has 6 heteroatoms. The van der Waals surface area contributed by atoms with E-state index in [0.29, 0.717) is 18.0 Å². The second kappa shape index (κ2) is 8.52. The first-order chi connectivity index (χ1) is 13.9. The summed E-state index contributed by atoms with van der Waals surface area (Å²) in [5, 5.41) is 0.992. The maximum atomic E-state index is 13.1. The molecular formula is C23H30N2O3S. The molecule has 156 valence electrons. The Balaban J connectivity index is 1.64. The molecule has 0 N–H and O–H groups in total. The number of carbonyl (C=O) groups excluding carboxylic acids is 1.